The Hall–Kier alpha value is -3.08. The van der Waals surface area contributed by atoms with E-state index in [1.54, 1.807) is 13.3 Å². The number of hydrogen-bond acceptors (Lipinski definition) is 4. The van der Waals surface area contributed by atoms with Gasteiger partial charge in [-0.15, -0.1) is 0 Å². The van der Waals surface area contributed by atoms with Crippen molar-refractivity contribution in [3.63, 3.8) is 0 Å². The van der Waals surface area contributed by atoms with E-state index in [0.29, 0.717) is 22.8 Å². The second-order valence-corrected chi connectivity index (χ2v) is 7.82. The number of methoxy groups -OCH3 is 1. The van der Waals surface area contributed by atoms with Crippen LogP contribution in [0.25, 0.3) is 22.8 Å². The molecule has 2 aromatic carbocycles. The first-order valence-corrected chi connectivity index (χ1v) is 10.7. The summed E-state index contributed by atoms with van der Waals surface area (Å²) in [5.74, 6) is 1.78. The van der Waals surface area contributed by atoms with Crippen LogP contribution in [0.4, 0.5) is 0 Å². The van der Waals surface area contributed by atoms with Crippen LogP contribution in [-0.4, -0.2) is 24.0 Å². The van der Waals surface area contributed by atoms with Crippen molar-refractivity contribution in [1.82, 2.24) is 10.3 Å². The van der Waals surface area contributed by atoms with Crippen LogP contribution >= 0.6 is 0 Å². The van der Waals surface area contributed by atoms with Crippen LogP contribution in [0.5, 0.6) is 5.75 Å². The molecule has 0 bridgehead atoms. The summed E-state index contributed by atoms with van der Waals surface area (Å²) in [6, 6.07) is 15.4. The summed E-state index contributed by atoms with van der Waals surface area (Å²) in [4.78, 5) is 17.5. The highest BCUT2D eigenvalue weighted by Gasteiger charge is 2.20. The fourth-order valence-electron chi connectivity index (χ4n) is 4.04. The molecule has 1 aromatic heterocycles. The van der Waals surface area contributed by atoms with Gasteiger partial charge in [-0.05, 0) is 37.1 Å². The van der Waals surface area contributed by atoms with Gasteiger partial charge in [0.2, 0.25) is 5.89 Å². The fraction of sp³-hybridized carbons (Fsp3) is 0.360. The number of hydrogen-bond donors (Lipinski definition) is 1. The molecule has 0 unspecified atom stereocenters. The topological polar surface area (TPSA) is 64.4 Å². The predicted molar refractivity (Wildman–Crippen MR) is 118 cm³/mol. The molecule has 156 valence electrons. The van der Waals surface area contributed by atoms with E-state index in [1.807, 2.05) is 48.5 Å². The first-order valence-electron chi connectivity index (χ1n) is 10.7. The Kier molecular flexibility index (Phi) is 6.47. The second kappa shape index (κ2) is 9.61. The number of nitrogens with one attached hydrogen (secondary N) is 1. The lowest BCUT2D eigenvalue weighted by molar-refractivity contribution is 0.0931. The maximum atomic E-state index is 13.1. The monoisotopic (exact) mass is 404 g/mol. The van der Waals surface area contributed by atoms with E-state index in [4.69, 9.17) is 9.15 Å². The number of aromatic nitrogens is 1. The van der Waals surface area contributed by atoms with Crippen LogP contribution in [-0.2, 0) is 0 Å². The van der Waals surface area contributed by atoms with Crippen LogP contribution in [0.3, 0.4) is 0 Å². The molecule has 1 saturated carbocycles. The van der Waals surface area contributed by atoms with Crippen LogP contribution in [0.15, 0.2) is 59.1 Å². The normalized spacial score (nSPS) is 15.2. The number of ether oxygens (including phenoxy) is 1. The van der Waals surface area contributed by atoms with Crippen molar-refractivity contribution in [2.24, 2.45) is 0 Å². The zero-order chi connectivity index (χ0) is 20.8. The van der Waals surface area contributed by atoms with Gasteiger partial charge in [0.05, 0.1) is 18.9 Å². The van der Waals surface area contributed by atoms with Crippen molar-refractivity contribution in [3.05, 3.63) is 60.3 Å². The zero-order valence-corrected chi connectivity index (χ0v) is 17.4. The molecule has 0 atom stereocenters. The SMILES string of the molecule is COc1cccc(-c2cnc(-c3ccccc3C(=O)NC3CCCCCCC3)o2)c1. The maximum Gasteiger partial charge on any atom is 0.252 e. The Morgan fingerprint density at radius 3 is 2.60 bits per heavy atom. The summed E-state index contributed by atoms with van der Waals surface area (Å²) in [6.07, 6.45) is 9.96. The molecule has 5 nitrogen and oxygen atoms in total. The largest absolute Gasteiger partial charge is 0.497 e. The summed E-state index contributed by atoms with van der Waals surface area (Å²) in [7, 11) is 1.63. The number of carbonyl (C=O) groups is 1. The van der Waals surface area contributed by atoms with Gasteiger partial charge in [0.1, 0.15) is 5.75 Å². The van der Waals surface area contributed by atoms with E-state index in [1.165, 1.54) is 32.1 Å². The number of carbonyl (C=O) groups excluding carboxylic acids is 1. The summed E-state index contributed by atoms with van der Waals surface area (Å²) >= 11 is 0. The van der Waals surface area contributed by atoms with Crippen molar-refractivity contribution < 1.29 is 13.9 Å². The highest BCUT2D eigenvalue weighted by atomic mass is 16.5. The standard InChI is InChI=1S/C25H28N2O3/c1-29-20-13-9-10-18(16-20)23-17-26-25(30-23)22-15-8-7-14-21(22)24(28)27-19-11-5-3-2-4-6-12-19/h7-10,13-17,19H,2-6,11-12H2,1H3,(H,27,28). The molecule has 0 aliphatic heterocycles. The molecule has 3 aromatic rings. The molecule has 1 amide bonds. The van der Waals surface area contributed by atoms with Gasteiger partial charge in [-0.3, -0.25) is 4.79 Å². The summed E-state index contributed by atoms with van der Waals surface area (Å²) in [5.41, 5.74) is 2.18. The molecule has 4 rings (SSSR count). The van der Waals surface area contributed by atoms with Crippen molar-refractivity contribution in [2.45, 2.75) is 51.0 Å². The molecule has 0 saturated heterocycles. The predicted octanol–water partition coefficient (Wildman–Crippen LogP) is 5.86. The third-order valence-electron chi connectivity index (χ3n) is 5.70. The molecule has 1 N–H and O–H groups in total. The van der Waals surface area contributed by atoms with E-state index in [2.05, 4.69) is 10.3 Å². The van der Waals surface area contributed by atoms with Gasteiger partial charge < -0.3 is 14.5 Å². The third kappa shape index (κ3) is 4.73. The van der Waals surface area contributed by atoms with Crippen molar-refractivity contribution in [3.8, 4) is 28.5 Å². The van der Waals surface area contributed by atoms with Gasteiger partial charge in [-0.1, -0.05) is 56.4 Å². The Labute approximate surface area is 177 Å². The van der Waals surface area contributed by atoms with Crippen molar-refractivity contribution in [1.29, 1.82) is 0 Å². The van der Waals surface area contributed by atoms with Gasteiger partial charge in [-0.25, -0.2) is 4.98 Å². The number of benzene rings is 2. The summed E-state index contributed by atoms with van der Waals surface area (Å²) < 4.78 is 11.3. The first kappa shape index (κ1) is 20.2. The second-order valence-electron chi connectivity index (χ2n) is 7.82. The molecule has 0 radical (unpaired) electrons. The highest BCUT2D eigenvalue weighted by Crippen LogP contribution is 2.30. The Morgan fingerprint density at radius 1 is 1.03 bits per heavy atom. The molecule has 1 aliphatic carbocycles. The van der Waals surface area contributed by atoms with Crippen molar-refractivity contribution in [2.75, 3.05) is 7.11 Å². The molecule has 1 fully saturated rings. The first-order chi connectivity index (χ1) is 14.7. The van der Waals surface area contributed by atoms with E-state index < -0.39 is 0 Å². The lowest BCUT2D eigenvalue weighted by Crippen LogP contribution is -2.35. The minimum absolute atomic E-state index is 0.0581. The van der Waals surface area contributed by atoms with Crippen LogP contribution in [0, 0.1) is 0 Å². The fourth-order valence-corrected chi connectivity index (χ4v) is 4.04. The molecular weight excluding hydrogens is 376 g/mol. The van der Waals surface area contributed by atoms with Crippen LogP contribution < -0.4 is 10.1 Å². The smallest absolute Gasteiger partial charge is 0.252 e. The average molecular weight is 405 g/mol. The molecule has 0 spiro atoms. The Bertz CT molecular complexity index is 987. The average Bonchev–Trinajstić information content (AvgIpc) is 3.26. The zero-order valence-electron chi connectivity index (χ0n) is 17.4. The van der Waals surface area contributed by atoms with Gasteiger partial charge in [0.25, 0.3) is 5.91 Å². The quantitative estimate of drug-likeness (QED) is 0.578. The molecule has 5 heteroatoms. The number of rotatable bonds is 5. The number of oxazole rings is 1. The minimum atomic E-state index is -0.0581. The van der Waals surface area contributed by atoms with Crippen LogP contribution in [0.1, 0.15) is 55.3 Å². The third-order valence-corrected chi connectivity index (χ3v) is 5.70. The minimum Gasteiger partial charge on any atom is -0.497 e. The van der Waals surface area contributed by atoms with E-state index >= 15 is 0 Å². The van der Waals surface area contributed by atoms with Crippen LogP contribution in [0.2, 0.25) is 0 Å². The maximum absolute atomic E-state index is 13.1. The van der Waals surface area contributed by atoms with E-state index in [9.17, 15) is 4.79 Å². The molecule has 1 heterocycles. The highest BCUT2D eigenvalue weighted by molar-refractivity contribution is 6.00. The Morgan fingerprint density at radius 2 is 1.80 bits per heavy atom. The van der Waals surface area contributed by atoms with Crippen molar-refractivity contribution >= 4 is 5.91 Å². The lowest BCUT2D eigenvalue weighted by atomic mass is 9.96. The Balaban J connectivity index is 1.56. The lowest BCUT2D eigenvalue weighted by Gasteiger charge is -2.21. The molecule has 1 aliphatic rings. The molecule has 30 heavy (non-hydrogen) atoms. The van der Waals surface area contributed by atoms with E-state index in [-0.39, 0.29) is 11.9 Å². The van der Waals surface area contributed by atoms with Gasteiger partial charge in [-0.2, -0.15) is 0 Å². The van der Waals surface area contributed by atoms with E-state index in [0.717, 1.165) is 24.2 Å². The van der Waals surface area contributed by atoms with Gasteiger partial charge in [0.15, 0.2) is 5.76 Å². The summed E-state index contributed by atoms with van der Waals surface area (Å²) in [5, 5.41) is 3.24. The number of amides is 1. The molecular formula is C25H28N2O3. The van der Waals surface area contributed by atoms with Gasteiger partial charge in [0, 0.05) is 17.2 Å². The summed E-state index contributed by atoms with van der Waals surface area (Å²) in [6.45, 7) is 0. The van der Waals surface area contributed by atoms with Gasteiger partial charge >= 0.3 is 0 Å². The number of nitrogens with zero attached hydrogens (tertiary/aromatic N) is 1.